The van der Waals surface area contributed by atoms with Gasteiger partial charge in [0.1, 0.15) is 6.10 Å². The summed E-state index contributed by atoms with van der Waals surface area (Å²) >= 11 is 0. The van der Waals surface area contributed by atoms with Crippen LogP contribution < -0.4 is 5.32 Å². The molecule has 1 aromatic rings. The molecule has 0 aliphatic heterocycles. The molecule has 0 saturated heterocycles. The number of carbonyl (C=O) groups is 2. The molecule has 0 radical (unpaired) electrons. The van der Waals surface area contributed by atoms with E-state index in [0.717, 1.165) is 5.56 Å². The Morgan fingerprint density at radius 1 is 1.30 bits per heavy atom. The molecule has 1 amide bonds. The molecule has 0 spiro atoms. The summed E-state index contributed by atoms with van der Waals surface area (Å²) in [4.78, 5) is 22.2. The van der Waals surface area contributed by atoms with Crippen molar-refractivity contribution in [2.75, 3.05) is 13.2 Å². The Morgan fingerprint density at radius 3 is 2.60 bits per heavy atom. The molecule has 110 valence electrons. The van der Waals surface area contributed by atoms with Gasteiger partial charge in [-0.25, -0.2) is 4.79 Å². The number of amides is 1. The van der Waals surface area contributed by atoms with Crippen LogP contribution in [0.1, 0.15) is 12.5 Å². The van der Waals surface area contributed by atoms with E-state index in [4.69, 9.17) is 10.2 Å². The zero-order chi connectivity index (χ0) is 15.1. The van der Waals surface area contributed by atoms with E-state index in [9.17, 15) is 14.7 Å². The summed E-state index contributed by atoms with van der Waals surface area (Å²) in [5.74, 6) is -1.77. The lowest BCUT2D eigenvalue weighted by molar-refractivity contribution is -0.155. The number of hydrogen-bond acceptors (Lipinski definition) is 6. The first kappa shape index (κ1) is 15.8. The van der Waals surface area contributed by atoms with Gasteiger partial charge in [-0.1, -0.05) is 6.07 Å². The lowest BCUT2D eigenvalue weighted by Crippen LogP contribution is -2.32. The van der Waals surface area contributed by atoms with Crippen LogP contribution in [-0.4, -0.2) is 46.5 Å². The molecule has 0 aliphatic rings. The summed E-state index contributed by atoms with van der Waals surface area (Å²) in [5.41, 5.74) is 0.738. The predicted octanol–water partition coefficient (Wildman–Crippen LogP) is -0.320. The monoisotopic (exact) mass is 283 g/mol. The summed E-state index contributed by atoms with van der Waals surface area (Å²) in [7, 11) is 0. The number of esters is 1. The third-order valence-electron chi connectivity index (χ3n) is 2.46. The highest BCUT2D eigenvalue weighted by atomic mass is 16.5. The number of nitrogens with one attached hydrogen (secondary N) is 1. The maximum atomic E-state index is 11.3. The summed E-state index contributed by atoms with van der Waals surface area (Å²) in [6.07, 6.45) is -0.813. The molecule has 4 N–H and O–H groups in total. The van der Waals surface area contributed by atoms with Crippen molar-refractivity contribution in [3.05, 3.63) is 23.8 Å². The van der Waals surface area contributed by atoms with Gasteiger partial charge in [-0.2, -0.15) is 0 Å². The molecule has 1 unspecified atom stereocenters. The molecule has 20 heavy (non-hydrogen) atoms. The highest BCUT2D eigenvalue weighted by Gasteiger charge is 2.12. The van der Waals surface area contributed by atoms with Gasteiger partial charge in [-0.05, 0) is 31.0 Å². The van der Waals surface area contributed by atoms with Crippen LogP contribution >= 0.6 is 0 Å². The first-order valence-electron chi connectivity index (χ1n) is 6.02. The molecule has 0 saturated carbocycles. The number of aliphatic hydroxyl groups excluding tert-OH is 1. The van der Waals surface area contributed by atoms with E-state index >= 15 is 0 Å². The highest BCUT2D eigenvalue weighted by Crippen LogP contribution is 2.24. The van der Waals surface area contributed by atoms with Gasteiger partial charge in [0.2, 0.25) is 0 Å². The Hall–Kier alpha value is -2.28. The van der Waals surface area contributed by atoms with Crippen molar-refractivity contribution < 1.29 is 29.6 Å². The maximum absolute atomic E-state index is 11.3. The van der Waals surface area contributed by atoms with Crippen molar-refractivity contribution >= 4 is 11.9 Å². The zero-order valence-electron chi connectivity index (χ0n) is 11.0. The number of ether oxygens (including phenoxy) is 1. The van der Waals surface area contributed by atoms with Gasteiger partial charge in [0, 0.05) is 6.54 Å². The molecule has 7 nitrogen and oxygen atoms in total. The van der Waals surface area contributed by atoms with Crippen LogP contribution in [0.4, 0.5) is 0 Å². The SMILES string of the molecule is CC(O)C(=O)OCC(=O)NCCc1ccc(O)c(O)c1. The fraction of sp³-hybridized carbons (Fsp3) is 0.385. The minimum Gasteiger partial charge on any atom is -0.504 e. The Labute approximate surface area is 115 Å². The van der Waals surface area contributed by atoms with E-state index < -0.39 is 24.6 Å². The van der Waals surface area contributed by atoms with Crippen LogP contribution in [0.3, 0.4) is 0 Å². The van der Waals surface area contributed by atoms with Crippen LogP contribution in [0.25, 0.3) is 0 Å². The van der Waals surface area contributed by atoms with Crippen LogP contribution in [-0.2, 0) is 20.7 Å². The zero-order valence-corrected chi connectivity index (χ0v) is 11.0. The number of phenolic OH excluding ortho intramolecular Hbond substituents is 2. The third kappa shape index (κ3) is 5.15. The topological polar surface area (TPSA) is 116 Å². The van der Waals surface area contributed by atoms with E-state index in [2.05, 4.69) is 10.1 Å². The molecule has 0 aromatic heterocycles. The van der Waals surface area contributed by atoms with E-state index in [1.807, 2.05) is 0 Å². The van der Waals surface area contributed by atoms with Crippen molar-refractivity contribution in [2.24, 2.45) is 0 Å². The smallest absolute Gasteiger partial charge is 0.335 e. The van der Waals surface area contributed by atoms with Crippen LogP contribution in [0.15, 0.2) is 18.2 Å². The fourth-order valence-corrected chi connectivity index (χ4v) is 1.38. The Balaban J connectivity index is 2.28. The number of phenols is 2. The minimum absolute atomic E-state index is 0.206. The van der Waals surface area contributed by atoms with Gasteiger partial charge in [0.05, 0.1) is 0 Å². The lowest BCUT2D eigenvalue weighted by Gasteiger charge is -2.08. The van der Waals surface area contributed by atoms with Crippen molar-refractivity contribution in [3.63, 3.8) is 0 Å². The first-order chi connectivity index (χ1) is 9.40. The van der Waals surface area contributed by atoms with E-state index in [0.29, 0.717) is 6.42 Å². The summed E-state index contributed by atoms with van der Waals surface area (Å²) < 4.78 is 4.53. The molecule has 0 bridgehead atoms. The maximum Gasteiger partial charge on any atom is 0.335 e. The van der Waals surface area contributed by atoms with Crippen LogP contribution in [0.5, 0.6) is 11.5 Å². The van der Waals surface area contributed by atoms with Crippen molar-refractivity contribution in [3.8, 4) is 11.5 Å². The Kier molecular flexibility index (Phi) is 5.79. The van der Waals surface area contributed by atoms with Crippen LogP contribution in [0, 0.1) is 0 Å². The summed E-state index contributed by atoms with van der Waals surface area (Å²) in [5, 5.41) is 29.8. The quantitative estimate of drug-likeness (QED) is 0.420. The predicted molar refractivity (Wildman–Crippen MR) is 69.1 cm³/mol. The number of carbonyl (C=O) groups excluding carboxylic acids is 2. The van der Waals surface area contributed by atoms with E-state index in [1.165, 1.54) is 19.1 Å². The summed E-state index contributed by atoms with van der Waals surface area (Å²) in [6.45, 7) is 1.08. The van der Waals surface area contributed by atoms with E-state index in [-0.39, 0.29) is 18.0 Å². The lowest BCUT2D eigenvalue weighted by atomic mass is 10.1. The third-order valence-corrected chi connectivity index (χ3v) is 2.46. The van der Waals surface area contributed by atoms with Gasteiger partial charge in [-0.15, -0.1) is 0 Å². The standard InChI is InChI=1S/C13H17NO6/c1-8(15)13(19)20-7-12(18)14-5-4-9-2-3-10(16)11(17)6-9/h2-3,6,8,15-17H,4-5,7H2,1H3,(H,14,18). The second-order valence-electron chi connectivity index (χ2n) is 4.21. The Morgan fingerprint density at radius 2 is 2.00 bits per heavy atom. The molecule has 0 heterocycles. The van der Waals surface area contributed by atoms with Crippen molar-refractivity contribution in [2.45, 2.75) is 19.4 Å². The minimum atomic E-state index is -1.26. The van der Waals surface area contributed by atoms with Gasteiger partial charge < -0.3 is 25.4 Å². The average Bonchev–Trinajstić information content (AvgIpc) is 2.40. The second kappa shape index (κ2) is 7.34. The van der Waals surface area contributed by atoms with Gasteiger partial charge in [-0.3, -0.25) is 4.79 Å². The molecular weight excluding hydrogens is 266 g/mol. The fourth-order valence-electron chi connectivity index (χ4n) is 1.38. The number of benzene rings is 1. The number of rotatable bonds is 6. The molecule has 1 aromatic carbocycles. The second-order valence-corrected chi connectivity index (χ2v) is 4.21. The van der Waals surface area contributed by atoms with Gasteiger partial charge >= 0.3 is 5.97 Å². The van der Waals surface area contributed by atoms with Gasteiger partial charge in [0.15, 0.2) is 18.1 Å². The Bertz CT molecular complexity index is 486. The molecule has 1 rings (SSSR count). The summed E-state index contributed by atoms with van der Waals surface area (Å²) in [6, 6.07) is 4.38. The highest BCUT2D eigenvalue weighted by molar-refractivity contribution is 5.81. The van der Waals surface area contributed by atoms with Gasteiger partial charge in [0.25, 0.3) is 5.91 Å². The molecule has 1 atom stereocenters. The molecule has 0 aliphatic carbocycles. The normalized spacial score (nSPS) is 11.7. The number of aromatic hydroxyl groups is 2. The number of aliphatic hydroxyl groups is 1. The molecular formula is C13H17NO6. The number of hydrogen-bond donors (Lipinski definition) is 4. The first-order valence-corrected chi connectivity index (χ1v) is 6.02. The molecule has 0 fully saturated rings. The average molecular weight is 283 g/mol. The van der Waals surface area contributed by atoms with Crippen LogP contribution in [0.2, 0.25) is 0 Å². The largest absolute Gasteiger partial charge is 0.504 e. The molecule has 7 heteroatoms. The van der Waals surface area contributed by atoms with Crippen molar-refractivity contribution in [1.29, 1.82) is 0 Å². The van der Waals surface area contributed by atoms with Crippen molar-refractivity contribution in [1.82, 2.24) is 5.32 Å². The van der Waals surface area contributed by atoms with E-state index in [1.54, 1.807) is 6.07 Å².